The second-order valence-electron chi connectivity index (χ2n) is 7.64. The minimum Gasteiger partial charge on any atom is -0.309 e. The molecule has 30 heavy (non-hydrogen) atoms. The molecule has 0 radical (unpaired) electrons. The lowest BCUT2D eigenvalue weighted by atomic mass is 10.1. The van der Waals surface area contributed by atoms with Crippen LogP contribution in [0.1, 0.15) is 0 Å². The average molecular weight is 439 g/mol. The molecule has 0 amide bonds. The quantitative estimate of drug-likeness (QED) is 0.409. The van der Waals surface area contributed by atoms with E-state index in [4.69, 9.17) is 0 Å². The molecule has 6 heteroatoms. The Balaban J connectivity index is 1.65. The van der Waals surface area contributed by atoms with Crippen molar-refractivity contribution >= 4 is 23.5 Å². The van der Waals surface area contributed by atoms with Gasteiger partial charge in [0.05, 0.1) is 11.4 Å². The molecule has 158 valence electrons. The van der Waals surface area contributed by atoms with Crippen LogP contribution in [0.4, 0.5) is 0 Å². The predicted octanol–water partition coefficient (Wildman–Crippen LogP) is 5.12. The Hall–Kier alpha value is -1.86. The van der Waals surface area contributed by atoms with E-state index < -0.39 is 0 Å². The first-order valence-electron chi connectivity index (χ1n) is 10.1. The predicted molar refractivity (Wildman–Crippen MR) is 131 cm³/mol. The largest absolute Gasteiger partial charge is 0.309 e. The van der Waals surface area contributed by atoms with Crippen molar-refractivity contribution in [2.24, 2.45) is 0 Å². The van der Waals surface area contributed by atoms with Crippen LogP contribution in [0.25, 0.3) is 22.5 Å². The van der Waals surface area contributed by atoms with E-state index in [0.717, 1.165) is 47.1 Å². The zero-order chi connectivity index (χ0) is 21.3. The highest BCUT2D eigenvalue weighted by molar-refractivity contribution is 7.99. The Morgan fingerprint density at radius 1 is 0.633 bits per heavy atom. The molecule has 0 atom stereocenters. The van der Waals surface area contributed by atoms with E-state index in [2.05, 4.69) is 103 Å². The monoisotopic (exact) mass is 438 g/mol. The second kappa shape index (κ2) is 11.5. The lowest BCUT2D eigenvalue weighted by Crippen LogP contribution is -2.14. The summed E-state index contributed by atoms with van der Waals surface area (Å²) in [6.07, 6.45) is 1.66. The number of nitrogens with zero attached hydrogens (tertiary/aromatic N) is 4. The first kappa shape index (κ1) is 22.8. The van der Waals surface area contributed by atoms with E-state index in [1.165, 1.54) is 9.79 Å². The highest BCUT2D eigenvalue weighted by Crippen LogP contribution is 2.27. The molecule has 0 N–H and O–H groups in total. The maximum atomic E-state index is 4.49. The highest BCUT2D eigenvalue weighted by atomic mass is 32.2. The lowest BCUT2D eigenvalue weighted by Gasteiger charge is -2.10. The van der Waals surface area contributed by atoms with Gasteiger partial charge in [-0.05, 0) is 58.5 Å². The van der Waals surface area contributed by atoms with Gasteiger partial charge in [0.15, 0.2) is 0 Å². The van der Waals surface area contributed by atoms with Crippen molar-refractivity contribution in [3.05, 3.63) is 60.9 Å². The van der Waals surface area contributed by atoms with Crippen molar-refractivity contribution in [1.82, 2.24) is 19.8 Å². The summed E-state index contributed by atoms with van der Waals surface area (Å²) in [4.78, 5) is 16.0. The van der Waals surface area contributed by atoms with Gasteiger partial charge in [-0.3, -0.25) is 0 Å². The first-order valence-corrected chi connectivity index (χ1v) is 12.1. The van der Waals surface area contributed by atoms with Crippen molar-refractivity contribution in [3.63, 3.8) is 0 Å². The van der Waals surface area contributed by atoms with Crippen molar-refractivity contribution in [3.8, 4) is 22.5 Å². The number of rotatable bonds is 10. The smallest absolute Gasteiger partial charge is 0.116 e. The van der Waals surface area contributed by atoms with Crippen LogP contribution in [0.2, 0.25) is 0 Å². The van der Waals surface area contributed by atoms with Crippen LogP contribution in [-0.2, 0) is 0 Å². The van der Waals surface area contributed by atoms with Crippen LogP contribution in [0.3, 0.4) is 0 Å². The second-order valence-corrected chi connectivity index (χ2v) is 9.98. The Morgan fingerprint density at radius 3 is 1.40 bits per heavy atom. The molecule has 0 fully saturated rings. The molecule has 3 aromatic rings. The summed E-state index contributed by atoms with van der Waals surface area (Å²) in [5, 5.41) is 0. The SMILES string of the molecule is CN(C)CCSc1ccc(-c2cc(-c3ccc(SCCN(C)C)cc3)ncn2)cc1. The van der Waals surface area contributed by atoms with Gasteiger partial charge in [0.2, 0.25) is 0 Å². The molecule has 1 heterocycles. The van der Waals surface area contributed by atoms with E-state index in [-0.39, 0.29) is 0 Å². The fraction of sp³-hybridized carbons (Fsp3) is 0.333. The Bertz CT molecular complexity index is 836. The fourth-order valence-electron chi connectivity index (χ4n) is 2.81. The molecule has 0 unspecified atom stereocenters. The van der Waals surface area contributed by atoms with E-state index in [1.54, 1.807) is 6.33 Å². The van der Waals surface area contributed by atoms with Gasteiger partial charge < -0.3 is 9.80 Å². The van der Waals surface area contributed by atoms with Gasteiger partial charge in [0.1, 0.15) is 6.33 Å². The van der Waals surface area contributed by atoms with E-state index >= 15 is 0 Å². The Morgan fingerprint density at radius 2 is 1.03 bits per heavy atom. The zero-order valence-electron chi connectivity index (χ0n) is 18.2. The number of hydrogen-bond acceptors (Lipinski definition) is 6. The molecule has 0 aliphatic carbocycles. The standard InChI is InChI=1S/C24H30N4S2/c1-27(2)13-15-29-21-9-5-19(6-10-21)23-17-24(26-18-25-23)20-7-11-22(12-8-20)30-16-14-28(3)4/h5-12,17-18H,13-16H2,1-4H3. The molecular weight excluding hydrogens is 408 g/mol. The Kier molecular flexibility index (Phi) is 8.75. The van der Waals surface area contributed by atoms with Crippen LogP contribution >= 0.6 is 23.5 Å². The third kappa shape index (κ3) is 7.13. The summed E-state index contributed by atoms with van der Waals surface area (Å²) in [5.74, 6) is 2.18. The van der Waals surface area contributed by atoms with Crippen molar-refractivity contribution < 1.29 is 0 Å². The minimum absolute atomic E-state index is 0.953. The minimum atomic E-state index is 0.953. The molecular formula is C24H30N4S2. The average Bonchev–Trinajstić information content (AvgIpc) is 2.74. The fourth-order valence-corrected chi connectivity index (χ4v) is 4.85. The van der Waals surface area contributed by atoms with Crippen LogP contribution in [-0.4, -0.2) is 72.6 Å². The molecule has 4 nitrogen and oxygen atoms in total. The molecule has 0 saturated heterocycles. The maximum Gasteiger partial charge on any atom is 0.116 e. The Labute approximate surface area is 189 Å². The number of thioether (sulfide) groups is 2. The molecule has 0 bridgehead atoms. The molecule has 3 rings (SSSR count). The number of aromatic nitrogens is 2. The summed E-state index contributed by atoms with van der Waals surface area (Å²) >= 11 is 3.76. The summed E-state index contributed by atoms with van der Waals surface area (Å²) in [6.45, 7) is 2.16. The summed E-state index contributed by atoms with van der Waals surface area (Å²) in [6, 6.07) is 19.4. The number of hydrogen-bond donors (Lipinski definition) is 0. The van der Waals surface area contributed by atoms with E-state index in [0.29, 0.717) is 0 Å². The normalized spacial score (nSPS) is 11.4. The number of benzene rings is 2. The van der Waals surface area contributed by atoms with Gasteiger partial charge >= 0.3 is 0 Å². The molecule has 1 aromatic heterocycles. The summed E-state index contributed by atoms with van der Waals surface area (Å²) in [7, 11) is 8.42. The lowest BCUT2D eigenvalue weighted by molar-refractivity contribution is 0.437. The van der Waals surface area contributed by atoms with Gasteiger partial charge in [-0.1, -0.05) is 24.3 Å². The molecule has 0 aliphatic heterocycles. The topological polar surface area (TPSA) is 32.3 Å². The van der Waals surface area contributed by atoms with Crippen LogP contribution in [0, 0.1) is 0 Å². The van der Waals surface area contributed by atoms with E-state index in [9.17, 15) is 0 Å². The highest BCUT2D eigenvalue weighted by Gasteiger charge is 2.06. The van der Waals surface area contributed by atoms with Crippen molar-refractivity contribution in [2.75, 3.05) is 52.8 Å². The van der Waals surface area contributed by atoms with Crippen LogP contribution in [0.15, 0.2) is 70.7 Å². The van der Waals surface area contributed by atoms with Gasteiger partial charge in [-0.15, -0.1) is 23.5 Å². The first-order chi connectivity index (χ1) is 14.5. The molecule has 0 spiro atoms. The van der Waals surface area contributed by atoms with Gasteiger partial charge in [-0.25, -0.2) is 9.97 Å². The molecule has 0 aliphatic rings. The maximum absolute atomic E-state index is 4.49. The van der Waals surface area contributed by atoms with E-state index in [1.807, 2.05) is 23.5 Å². The zero-order valence-corrected chi connectivity index (χ0v) is 19.8. The molecule has 2 aromatic carbocycles. The van der Waals surface area contributed by atoms with Crippen molar-refractivity contribution in [2.45, 2.75) is 9.79 Å². The summed E-state index contributed by atoms with van der Waals surface area (Å²) < 4.78 is 0. The van der Waals surface area contributed by atoms with Gasteiger partial charge in [-0.2, -0.15) is 0 Å². The van der Waals surface area contributed by atoms with Gasteiger partial charge in [0, 0.05) is 45.5 Å². The van der Waals surface area contributed by atoms with Crippen molar-refractivity contribution in [1.29, 1.82) is 0 Å². The summed E-state index contributed by atoms with van der Waals surface area (Å²) in [5.41, 5.74) is 4.14. The van der Waals surface area contributed by atoms with Gasteiger partial charge in [0.25, 0.3) is 0 Å². The van der Waals surface area contributed by atoms with Crippen LogP contribution in [0.5, 0.6) is 0 Å². The third-order valence-electron chi connectivity index (χ3n) is 4.58. The molecule has 0 saturated carbocycles. The van der Waals surface area contributed by atoms with Crippen LogP contribution < -0.4 is 0 Å². The third-order valence-corrected chi connectivity index (χ3v) is 6.57.